The number of guanidine groups is 1. The fraction of sp³-hybridized carbons (Fsp3) is 0.591. The van der Waals surface area contributed by atoms with Crippen LogP contribution in [0.15, 0.2) is 23.2 Å². The summed E-state index contributed by atoms with van der Waals surface area (Å²) in [7, 11) is 1.64. The van der Waals surface area contributed by atoms with Crippen molar-refractivity contribution in [2.45, 2.75) is 58.9 Å². The Morgan fingerprint density at radius 3 is 2.87 bits per heavy atom. The number of rotatable bonds is 9. The highest BCUT2D eigenvalue weighted by molar-refractivity contribution is 5.93. The molecule has 0 atom stereocenters. The van der Waals surface area contributed by atoms with E-state index in [-0.39, 0.29) is 0 Å². The van der Waals surface area contributed by atoms with E-state index in [1.807, 2.05) is 25.1 Å². The molecule has 0 unspecified atom stereocenters. The molecule has 0 radical (unpaired) electrons. The van der Waals surface area contributed by atoms with Crippen molar-refractivity contribution >= 4 is 11.6 Å². The number of anilines is 1. The van der Waals surface area contributed by atoms with Gasteiger partial charge in [-0.25, -0.2) is 0 Å². The Labute approximate surface area is 179 Å². The molecule has 2 heterocycles. The summed E-state index contributed by atoms with van der Waals surface area (Å²) in [5.41, 5.74) is 0.904. The lowest BCUT2D eigenvalue weighted by Gasteiger charge is -2.14. The van der Waals surface area contributed by atoms with Gasteiger partial charge >= 0.3 is 0 Å². The number of hydrogen-bond donors (Lipinski definition) is 2. The van der Waals surface area contributed by atoms with Crippen molar-refractivity contribution in [3.05, 3.63) is 29.8 Å². The summed E-state index contributed by atoms with van der Waals surface area (Å²) in [4.78, 5) is 4.72. The fourth-order valence-corrected chi connectivity index (χ4v) is 3.62. The smallest absolute Gasteiger partial charge is 0.195 e. The Hall–Kier alpha value is -2.77. The highest BCUT2D eigenvalue weighted by atomic mass is 16.5. The molecule has 3 rings (SSSR count). The minimum Gasteiger partial charge on any atom is -0.493 e. The number of aryl methyl sites for hydroxylation is 2. The maximum atomic E-state index is 5.66. The van der Waals surface area contributed by atoms with Crippen molar-refractivity contribution in [1.82, 2.24) is 20.1 Å². The van der Waals surface area contributed by atoms with Crippen LogP contribution in [0.25, 0.3) is 0 Å². The molecular formula is C22H34N6O2. The first kappa shape index (κ1) is 21.9. The normalized spacial score (nSPS) is 14.0. The average Bonchev–Trinajstić information content (AvgIpc) is 2.97. The van der Waals surface area contributed by atoms with Crippen LogP contribution in [-0.2, 0) is 19.4 Å². The zero-order valence-corrected chi connectivity index (χ0v) is 18.4. The summed E-state index contributed by atoms with van der Waals surface area (Å²) in [6.45, 7) is 7.15. The van der Waals surface area contributed by atoms with Gasteiger partial charge in [0, 0.05) is 44.2 Å². The zero-order valence-electron chi connectivity index (χ0n) is 18.4. The van der Waals surface area contributed by atoms with Crippen molar-refractivity contribution in [2.75, 3.05) is 32.1 Å². The summed E-state index contributed by atoms with van der Waals surface area (Å²) in [6.07, 6.45) is 6.59. The summed E-state index contributed by atoms with van der Waals surface area (Å²) < 4.78 is 13.3. The second-order valence-electron chi connectivity index (χ2n) is 7.28. The second kappa shape index (κ2) is 11.4. The molecule has 0 saturated carbocycles. The molecule has 8 heteroatoms. The molecule has 1 aliphatic heterocycles. The first-order valence-corrected chi connectivity index (χ1v) is 11.0. The largest absolute Gasteiger partial charge is 0.493 e. The summed E-state index contributed by atoms with van der Waals surface area (Å²) in [5.74, 6) is 4.43. The third-order valence-electron chi connectivity index (χ3n) is 5.08. The van der Waals surface area contributed by atoms with Crippen LogP contribution in [0.5, 0.6) is 11.5 Å². The first-order chi connectivity index (χ1) is 14.7. The van der Waals surface area contributed by atoms with Gasteiger partial charge in [-0.1, -0.05) is 6.42 Å². The first-order valence-electron chi connectivity index (χ1n) is 11.0. The molecule has 1 aromatic carbocycles. The van der Waals surface area contributed by atoms with Crippen LogP contribution in [0.3, 0.4) is 0 Å². The number of ether oxygens (including phenoxy) is 2. The van der Waals surface area contributed by atoms with Crippen LogP contribution in [0.4, 0.5) is 5.69 Å². The Morgan fingerprint density at radius 1 is 1.17 bits per heavy atom. The number of benzene rings is 1. The Morgan fingerprint density at radius 2 is 2.07 bits per heavy atom. The van der Waals surface area contributed by atoms with Gasteiger partial charge in [-0.05, 0) is 45.2 Å². The predicted octanol–water partition coefficient (Wildman–Crippen LogP) is 3.42. The molecule has 1 aromatic heterocycles. The quantitative estimate of drug-likeness (QED) is 0.371. The summed E-state index contributed by atoms with van der Waals surface area (Å²) in [5, 5.41) is 15.4. The number of fused-ring (bicyclic) bond motifs is 1. The number of hydrogen-bond acceptors (Lipinski definition) is 5. The molecule has 8 nitrogen and oxygen atoms in total. The Bertz CT molecular complexity index is 833. The average molecular weight is 415 g/mol. The van der Waals surface area contributed by atoms with Gasteiger partial charge in [0.15, 0.2) is 17.5 Å². The van der Waals surface area contributed by atoms with Crippen molar-refractivity contribution in [3.63, 3.8) is 0 Å². The topological polar surface area (TPSA) is 85.6 Å². The molecule has 0 fully saturated rings. The van der Waals surface area contributed by atoms with Gasteiger partial charge in [-0.3, -0.25) is 4.99 Å². The molecule has 0 amide bonds. The minimum atomic E-state index is 0.584. The Kier molecular flexibility index (Phi) is 8.35. The van der Waals surface area contributed by atoms with Crippen molar-refractivity contribution in [3.8, 4) is 11.5 Å². The molecular weight excluding hydrogens is 380 g/mol. The number of aromatic nitrogens is 3. The monoisotopic (exact) mass is 414 g/mol. The van der Waals surface area contributed by atoms with Crippen LogP contribution >= 0.6 is 0 Å². The Balaban J connectivity index is 1.58. The molecule has 2 N–H and O–H groups in total. The van der Waals surface area contributed by atoms with E-state index in [9.17, 15) is 0 Å². The van der Waals surface area contributed by atoms with Crippen molar-refractivity contribution < 1.29 is 9.47 Å². The van der Waals surface area contributed by atoms with Gasteiger partial charge in [-0.2, -0.15) is 0 Å². The van der Waals surface area contributed by atoms with Crippen LogP contribution in [0, 0.1) is 0 Å². The highest BCUT2D eigenvalue weighted by Crippen LogP contribution is 2.30. The summed E-state index contributed by atoms with van der Waals surface area (Å²) in [6, 6.07) is 5.79. The van der Waals surface area contributed by atoms with Gasteiger partial charge in [0.2, 0.25) is 0 Å². The lowest BCUT2D eigenvalue weighted by molar-refractivity contribution is 0.311. The number of methoxy groups -OCH3 is 1. The third kappa shape index (κ3) is 5.87. The van der Waals surface area contributed by atoms with Crippen LogP contribution in [0.2, 0.25) is 0 Å². The molecule has 0 bridgehead atoms. The zero-order chi connectivity index (χ0) is 21.2. The number of aliphatic imine (C=N–C) groups is 1. The van der Waals surface area contributed by atoms with Crippen molar-refractivity contribution in [2.24, 2.45) is 4.99 Å². The van der Waals surface area contributed by atoms with E-state index >= 15 is 0 Å². The van der Waals surface area contributed by atoms with Gasteiger partial charge in [0.05, 0.1) is 13.7 Å². The number of nitrogens with one attached hydrogen (secondary N) is 2. The van der Waals surface area contributed by atoms with E-state index in [2.05, 4.69) is 32.3 Å². The maximum absolute atomic E-state index is 5.66. The molecule has 1 aliphatic rings. The third-order valence-corrected chi connectivity index (χ3v) is 5.08. The van der Waals surface area contributed by atoms with Gasteiger partial charge in [0.25, 0.3) is 0 Å². The lowest BCUT2D eigenvalue weighted by atomic mass is 10.2. The summed E-state index contributed by atoms with van der Waals surface area (Å²) >= 11 is 0. The van der Waals surface area contributed by atoms with E-state index in [4.69, 9.17) is 14.5 Å². The van der Waals surface area contributed by atoms with Gasteiger partial charge in [0.1, 0.15) is 11.6 Å². The van der Waals surface area contributed by atoms with E-state index in [0.29, 0.717) is 18.9 Å². The lowest BCUT2D eigenvalue weighted by Crippen LogP contribution is -2.30. The maximum Gasteiger partial charge on any atom is 0.195 e. The molecule has 0 aliphatic carbocycles. The SMILES string of the molecule is CCNC(=NCCCc1nnc2n1CCCCC2)Nc1ccc(OC)c(OCC)c1. The van der Waals surface area contributed by atoms with Crippen LogP contribution in [-0.4, -0.2) is 47.5 Å². The standard InChI is InChI=1S/C22H34N6O2/c1-4-23-22(25-17-12-13-18(29-3)19(16-17)30-5-2)24-14-9-11-21-27-26-20-10-7-6-8-15-28(20)21/h12-13,16H,4-11,14-15H2,1-3H3,(H2,23,24,25). The molecule has 164 valence electrons. The van der Waals surface area contributed by atoms with E-state index in [0.717, 1.165) is 61.4 Å². The van der Waals surface area contributed by atoms with Gasteiger partial charge < -0.3 is 24.7 Å². The molecule has 2 aromatic rings. The predicted molar refractivity (Wildman–Crippen MR) is 120 cm³/mol. The fourth-order valence-electron chi connectivity index (χ4n) is 3.62. The van der Waals surface area contributed by atoms with Crippen molar-refractivity contribution in [1.29, 1.82) is 0 Å². The van der Waals surface area contributed by atoms with E-state index in [1.54, 1.807) is 7.11 Å². The highest BCUT2D eigenvalue weighted by Gasteiger charge is 2.14. The van der Waals surface area contributed by atoms with Gasteiger partial charge in [-0.15, -0.1) is 10.2 Å². The molecule has 30 heavy (non-hydrogen) atoms. The van der Waals surface area contributed by atoms with E-state index in [1.165, 1.54) is 19.3 Å². The minimum absolute atomic E-state index is 0.584. The molecule has 0 spiro atoms. The second-order valence-corrected chi connectivity index (χ2v) is 7.28. The van der Waals surface area contributed by atoms with Crippen LogP contribution < -0.4 is 20.1 Å². The molecule has 0 saturated heterocycles. The van der Waals surface area contributed by atoms with Crippen LogP contribution in [0.1, 0.15) is 51.2 Å². The number of nitrogens with zero attached hydrogens (tertiary/aromatic N) is 4. The van der Waals surface area contributed by atoms with E-state index < -0.39 is 0 Å².